The van der Waals surface area contributed by atoms with E-state index in [2.05, 4.69) is 11.6 Å². The lowest BCUT2D eigenvalue weighted by molar-refractivity contribution is -0.141. The summed E-state index contributed by atoms with van der Waals surface area (Å²) in [5.74, 6) is -0.0629. The Morgan fingerprint density at radius 1 is 1.50 bits per heavy atom. The number of nitrogens with one attached hydrogen (secondary N) is 1. The summed E-state index contributed by atoms with van der Waals surface area (Å²) in [7, 11) is 0. The van der Waals surface area contributed by atoms with Crippen LogP contribution < -0.4 is 5.32 Å². The van der Waals surface area contributed by atoms with E-state index in [1.807, 2.05) is 25.6 Å². The van der Waals surface area contributed by atoms with E-state index in [-0.39, 0.29) is 23.9 Å². The first-order chi connectivity index (χ1) is 8.53. The molecule has 0 radical (unpaired) electrons. The molecular formula is C13H22N2O2S. The molecule has 1 heterocycles. The van der Waals surface area contributed by atoms with E-state index in [0.717, 1.165) is 13.0 Å². The first kappa shape index (κ1) is 13.9. The zero-order valence-corrected chi connectivity index (χ0v) is 12.2. The van der Waals surface area contributed by atoms with Gasteiger partial charge in [0.05, 0.1) is 12.5 Å². The molecule has 4 nitrogen and oxygen atoms in total. The van der Waals surface area contributed by atoms with Crippen molar-refractivity contribution >= 4 is 23.6 Å². The number of amides is 2. The van der Waals surface area contributed by atoms with Gasteiger partial charge in [0.25, 0.3) is 0 Å². The number of imide groups is 1. The van der Waals surface area contributed by atoms with Gasteiger partial charge in [-0.25, -0.2) is 0 Å². The smallest absolute Gasteiger partial charge is 0.247 e. The molecule has 0 aromatic heterocycles. The van der Waals surface area contributed by atoms with Crippen LogP contribution in [0.25, 0.3) is 0 Å². The van der Waals surface area contributed by atoms with Gasteiger partial charge in [-0.05, 0) is 32.4 Å². The Kier molecular flexibility index (Phi) is 4.02. The van der Waals surface area contributed by atoms with E-state index in [0.29, 0.717) is 11.2 Å². The van der Waals surface area contributed by atoms with Crippen LogP contribution in [-0.2, 0) is 9.59 Å². The lowest BCUT2D eigenvalue weighted by Crippen LogP contribution is -2.44. The van der Waals surface area contributed by atoms with Gasteiger partial charge < -0.3 is 5.32 Å². The van der Waals surface area contributed by atoms with Gasteiger partial charge in [-0.2, -0.15) is 11.8 Å². The van der Waals surface area contributed by atoms with Crippen molar-refractivity contribution in [2.75, 3.05) is 12.8 Å². The molecule has 0 spiro atoms. The highest BCUT2D eigenvalue weighted by atomic mass is 32.2. The normalized spacial score (nSPS) is 27.7. The highest BCUT2D eigenvalue weighted by molar-refractivity contribution is 8.00. The Labute approximate surface area is 113 Å². The monoisotopic (exact) mass is 270 g/mol. The van der Waals surface area contributed by atoms with Crippen LogP contribution >= 0.6 is 11.8 Å². The van der Waals surface area contributed by atoms with Crippen LogP contribution in [0.1, 0.15) is 39.5 Å². The Hall–Kier alpha value is -0.550. The Bertz CT molecular complexity index is 355. The summed E-state index contributed by atoms with van der Waals surface area (Å²) < 4.78 is 0.327. The lowest BCUT2D eigenvalue weighted by Gasteiger charge is -2.22. The maximum absolute atomic E-state index is 12.2. The first-order valence-electron chi connectivity index (χ1n) is 6.67. The van der Waals surface area contributed by atoms with Crippen molar-refractivity contribution in [2.45, 2.75) is 56.4 Å². The summed E-state index contributed by atoms with van der Waals surface area (Å²) >= 11 is 1.86. The number of carbonyl (C=O) groups is 2. The van der Waals surface area contributed by atoms with Gasteiger partial charge in [-0.3, -0.25) is 14.5 Å². The van der Waals surface area contributed by atoms with Gasteiger partial charge in [0, 0.05) is 17.3 Å². The van der Waals surface area contributed by atoms with Crippen molar-refractivity contribution in [3.63, 3.8) is 0 Å². The van der Waals surface area contributed by atoms with Crippen molar-refractivity contribution in [2.24, 2.45) is 0 Å². The largest absolute Gasteiger partial charge is 0.304 e. The van der Waals surface area contributed by atoms with Crippen LogP contribution in [0, 0.1) is 0 Å². The average molecular weight is 270 g/mol. The first-order valence-corrected chi connectivity index (χ1v) is 7.90. The number of carbonyl (C=O) groups excluding carboxylic acids is 2. The summed E-state index contributed by atoms with van der Waals surface area (Å²) in [6.07, 6.45) is 5.69. The topological polar surface area (TPSA) is 49.4 Å². The molecule has 0 aromatic rings. The molecule has 0 aromatic carbocycles. The predicted octanol–water partition coefficient (Wildman–Crippen LogP) is 1.40. The molecule has 1 saturated carbocycles. The van der Waals surface area contributed by atoms with E-state index < -0.39 is 0 Å². The van der Waals surface area contributed by atoms with Crippen LogP contribution in [0.4, 0.5) is 0 Å². The van der Waals surface area contributed by atoms with Crippen LogP contribution in [0.5, 0.6) is 0 Å². The van der Waals surface area contributed by atoms with E-state index in [1.165, 1.54) is 17.7 Å². The SMILES string of the molecule is CCC(C)N1C(=O)CC(NCC2(SC)CC2)C1=O. The zero-order valence-electron chi connectivity index (χ0n) is 11.4. The highest BCUT2D eigenvalue weighted by Gasteiger charge is 2.45. The minimum atomic E-state index is -0.295. The van der Waals surface area contributed by atoms with Crippen LogP contribution in [0.15, 0.2) is 0 Å². The minimum absolute atomic E-state index is 0.0206. The molecule has 1 saturated heterocycles. The number of nitrogens with zero attached hydrogens (tertiary/aromatic N) is 1. The molecule has 0 bridgehead atoms. The van der Waals surface area contributed by atoms with Crippen LogP contribution in [0.2, 0.25) is 0 Å². The quantitative estimate of drug-likeness (QED) is 0.741. The molecule has 2 aliphatic rings. The fourth-order valence-electron chi connectivity index (χ4n) is 2.36. The second-order valence-corrected chi connectivity index (χ2v) is 6.66. The molecule has 102 valence electrons. The van der Waals surface area contributed by atoms with Gasteiger partial charge >= 0.3 is 0 Å². The van der Waals surface area contributed by atoms with Gasteiger partial charge in [0.15, 0.2) is 0 Å². The molecule has 2 rings (SSSR count). The highest BCUT2D eigenvalue weighted by Crippen LogP contribution is 2.46. The van der Waals surface area contributed by atoms with Gasteiger partial charge in [-0.1, -0.05) is 6.92 Å². The fraction of sp³-hybridized carbons (Fsp3) is 0.846. The number of hydrogen-bond acceptors (Lipinski definition) is 4. The summed E-state index contributed by atoms with van der Waals surface area (Å²) in [6.45, 7) is 4.77. The molecule has 5 heteroatoms. The third-order valence-electron chi connectivity index (χ3n) is 4.13. The van der Waals surface area contributed by atoms with Crippen molar-refractivity contribution in [3.05, 3.63) is 0 Å². The third kappa shape index (κ3) is 2.57. The van der Waals surface area contributed by atoms with Crippen LogP contribution in [-0.4, -0.2) is 46.3 Å². The second-order valence-electron chi connectivity index (χ2n) is 5.38. The van der Waals surface area contributed by atoms with Crippen molar-refractivity contribution < 1.29 is 9.59 Å². The molecule has 2 atom stereocenters. The Balaban J connectivity index is 1.91. The second kappa shape index (κ2) is 5.21. The van der Waals surface area contributed by atoms with Crippen molar-refractivity contribution in [1.82, 2.24) is 10.2 Å². The third-order valence-corrected chi connectivity index (χ3v) is 5.54. The van der Waals surface area contributed by atoms with Crippen molar-refractivity contribution in [1.29, 1.82) is 0 Å². The maximum atomic E-state index is 12.2. The zero-order chi connectivity index (χ0) is 13.3. The number of rotatable bonds is 6. The van der Waals surface area contributed by atoms with Gasteiger partial charge in [0.1, 0.15) is 0 Å². The summed E-state index contributed by atoms with van der Waals surface area (Å²) in [4.78, 5) is 25.5. The molecule has 2 amide bonds. The molecule has 18 heavy (non-hydrogen) atoms. The Morgan fingerprint density at radius 3 is 2.67 bits per heavy atom. The Morgan fingerprint density at radius 2 is 2.17 bits per heavy atom. The minimum Gasteiger partial charge on any atom is -0.304 e. The molecule has 1 aliphatic carbocycles. The molecule has 2 fully saturated rings. The summed E-state index contributed by atoms with van der Waals surface area (Å²) in [5.41, 5.74) is 0. The van der Waals surface area contributed by atoms with Gasteiger partial charge in [-0.15, -0.1) is 0 Å². The summed E-state index contributed by atoms with van der Waals surface area (Å²) in [5, 5.41) is 3.29. The molecule has 2 unspecified atom stereocenters. The molecule has 1 N–H and O–H groups in total. The van der Waals surface area contributed by atoms with Crippen LogP contribution in [0.3, 0.4) is 0 Å². The van der Waals surface area contributed by atoms with E-state index in [9.17, 15) is 9.59 Å². The molecule has 1 aliphatic heterocycles. The summed E-state index contributed by atoms with van der Waals surface area (Å²) in [6, 6.07) is -0.275. The average Bonchev–Trinajstić information content (AvgIpc) is 3.09. The standard InChI is InChI=1S/C13H22N2O2S/c1-4-9(2)15-11(16)7-10(12(15)17)14-8-13(18-3)5-6-13/h9-10,14H,4-8H2,1-3H3. The van der Waals surface area contributed by atoms with E-state index in [1.54, 1.807) is 0 Å². The maximum Gasteiger partial charge on any atom is 0.247 e. The number of hydrogen-bond donors (Lipinski definition) is 1. The van der Waals surface area contributed by atoms with Gasteiger partial charge in [0.2, 0.25) is 11.8 Å². The number of likely N-dealkylation sites (tertiary alicyclic amines) is 1. The predicted molar refractivity (Wildman–Crippen MR) is 73.5 cm³/mol. The number of thioether (sulfide) groups is 1. The molecular weight excluding hydrogens is 248 g/mol. The lowest BCUT2D eigenvalue weighted by atomic mass is 10.2. The van der Waals surface area contributed by atoms with E-state index in [4.69, 9.17) is 0 Å². The van der Waals surface area contributed by atoms with E-state index >= 15 is 0 Å². The fourth-order valence-corrected chi connectivity index (χ4v) is 3.10. The van der Waals surface area contributed by atoms with Crippen molar-refractivity contribution in [3.8, 4) is 0 Å².